The van der Waals surface area contributed by atoms with Crippen molar-refractivity contribution in [2.24, 2.45) is 33.5 Å². The van der Waals surface area contributed by atoms with Gasteiger partial charge in [0.15, 0.2) is 0 Å². The van der Waals surface area contributed by atoms with Crippen LogP contribution in [0.1, 0.15) is 138 Å². The van der Waals surface area contributed by atoms with Crippen molar-refractivity contribution in [3.05, 3.63) is 155 Å². The van der Waals surface area contributed by atoms with Crippen molar-refractivity contribution in [1.82, 2.24) is 0 Å². The highest BCUT2D eigenvalue weighted by atomic mass is 16.3. The third-order valence-electron chi connectivity index (χ3n) is 18.9. The molecule has 9 aliphatic carbocycles. The Hall–Kier alpha value is -5.48. The Morgan fingerprint density at radius 1 is 0.400 bits per heavy atom. The van der Waals surface area contributed by atoms with Gasteiger partial charge >= 0.3 is 0 Å². The zero-order valence-corrected chi connectivity index (χ0v) is 38.7. The van der Waals surface area contributed by atoms with Gasteiger partial charge in [0.2, 0.25) is 0 Å². The van der Waals surface area contributed by atoms with Gasteiger partial charge in [-0.2, -0.15) is 0 Å². The molecule has 4 nitrogen and oxygen atoms in total. The van der Waals surface area contributed by atoms with E-state index < -0.39 is 5.41 Å². The van der Waals surface area contributed by atoms with Crippen LogP contribution < -0.4 is 11.5 Å². The molecule has 0 heterocycles. The fraction of sp³-hybridized carbons (Fsp3) is 0.410. The molecule has 8 fully saturated rings. The lowest BCUT2D eigenvalue weighted by molar-refractivity contribution is -0.110. The fourth-order valence-electron chi connectivity index (χ4n) is 18.7. The number of phenols is 2. The van der Waals surface area contributed by atoms with Crippen LogP contribution in [0, 0.1) is 33.5 Å². The van der Waals surface area contributed by atoms with Gasteiger partial charge in [-0.3, -0.25) is 0 Å². The molecule has 0 radical (unpaired) electrons. The number of nitrogens with two attached hydrogens (primary N) is 2. The van der Waals surface area contributed by atoms with Gasteiger partial charge in [-0.15, -0.1) is 0 Å². The highest BCUT2D eigenvalue weighted by Gasteiger charge is 2.63. The van der Waals surface area contributed by atoms with Crippen molar-refractivity contribution >= 4 is 11.4 Å². The number of rotatable bonds is 6. The summed E-state index contributed by atoms with van der Waals surface area (Å²) in [7, 11) is 0. The summed E-state index contributed by atoms with van der Waals surface area (Å²) >= 11 is 0. The zero-order chi connectivity index (χ0) is 44.5. The third-order valence-corrected chi connectivity index (χ3v) is 18.9. The van der Waals surface area contributed by atoms with Gasteiger partial charge in [-0.1, -0.05) is 125 Å². The van der Waals surface area contributed by atoms with Crippen molar-refractivity contribution in [2.45, 2.75) is 121 Å². The van der Waals surface area contributed by atoms with Crippen LogP contribution in [0.25, 0.3) is 33.4 Å². The SMILES string of the molecule is CC12CC3CC(C)(C1)CC(c1ccc4c(c1)C(c1cc(N)c(O)c(-c5ccccc5)c1)(c1cc(N)c(O)c(-c5ccccc5)c1)c1cc(C56CC7CC(C)(CC(C)(C7)C5)C6)ccc1-4)(C3)C2. The number of anilines is 2. The first-order valence-electron chi connectivity index (χ1n) is 24.7. The van der Waals surface area contributed by atoms with Gasteiger partial charge in [-0.05, 0) is 201 Å². The molecule has 65 heavy (non-hydrogen) atoms. The van der Waals surface area contributed by atoms with Crippen LogP contribution in [0.15, 0.2) is 121 Å². The molecule has 330 valence electrons. The molecule has 0 spiro atoms. The number of hydrogen-bond donors (Lipinski definition) is 4. The van der Waals surface area contributed by atoms with E-state index in [1.54, 1.807) is 0 Å². The normalized spacial score (nSPS) is 34.2. The topological polar surface area (TPSA) is 92.5 Å². The smallest absolute Gasteiger partial charge is 0.146 e. The lowest BCUT2D eigenvalue weighted by Crippen LogP contribution is -2.56. The summed E-state index contributed by atoms with van der Waals surface area (Å²) in [5.74, 6) is 1.69. The predicted molar refractivity (Wildman–Crippen MR) is 265 cm³/mol. The first-order chi connectivity index (χ1) is 31.0. The first-order valence-corrected chi connectivity index (χ1v) is 24.7. The first kappa shape index (κ1) is 39.8. The van der Waals surface area contributed by atoms with Gasteiger partial charge in [0.1, 0.15) is 11.5 Å². The standard InChI is InChI=1S/C61H64N2O2/c1-55-25-37-26-56(2,31-55)34-59(29-37,33-55)41-15-17-45-46-18-16-42(60-30-38-27-57(3,35-60)32-58(4,28-38)36-60)22-50(46)61(49(45)21-41,43-19-47(53(64)51(62)23-43)39-11-7-5-8-12-39)44-20-48(54(65)52(63)24-44)40-13-9-6-10-14-40/h5-24,37-38,64-65H,25-36,62-63H2,1-4H3. The van der Waals surface area contributed by atoms with Crippen molar-refractivity contribution in [3.8, 4) is 44.9 Å². The maximum Gasteiger partial charge on any atom is 0.146 e. The van der Waals surface area contributed by atoms with Crippen LogP contribution in [-0.4, -0.2) is 10.2 Å². The molecular formula is C61H64N2O2. The van der Waals surface area contributed by atoms with Crippen LogP contribution in [-0.2, 0) is 16.2 Å². The molecule has 15 rings (SSSR count). The molecule has 0 aromatic heterocycles. The van der Waals surface area contributed by atoms with Crippen LogP contribution in [0.3, 0.4) is 0 Å². The third kappa shape index (κ3) is 5.61. The van der Waals surface area contributed by atoms with Crippen LogP contribution in [0.4, 0.5) is 11.4 Å². The fourth-order valence-corrected chi connectivity index (χ4v) is 18.7. The number of aromatic hydroxyl groups is 2. The quantitative estimate of drug-likeness (QED) is 0.0990. The summed E-state index contributed by atoms with van der Waals surface area (Å²) in [6, 6.07) is 44.1. The largest absolute Gasteiger partial charge is 0.505 e. The Morgan fingerprint density at radius 2 is 0.769 bits per heavy atom. The maximum atomic E-state index is 11.9. The second-order valence-electron chi connectivity index (χ2n) is 24.7. The van der Waals surface area contributed by atoms with E-state index in [0.717, 1.165) is 34.1 Å². The van der Waals surface area contributed by atoms with E-state index in [1.165, 1.54) is 110 Å². The van der Waals surface area contributed by atoms with E-state index in [9.17, 15) is 10.2 Å². The van der Waals surface area contributed by atoms with Gasteiger partial charge in [0.25, 0.3) is 0 Å². The van der Waals surface area contributed by atoms with Crippen molar-refractivity contribution in [3.63, 3.8) is 0 Å². The van der Waals surface area contributed by atoms with E-state index in [2.05, 4.69) is 100 Å². The summed E-state index contributed by atoms with van der Waals surface area (Å²) in [6.07, 6.45) is 15.4. The highest BCUT2D eigenvalue weighted by molar-refractivity contribution is 5.91. The Kier molecular flexibility index (Phi) is 7.91. The molecule has 4 unspecified atom stereocenters. The second-order valence-corrected chi connectivity index (χ2v) is 24.7. The molecule has 6 N–H and O–H groups in total. The molecule has 8 saturated carbocycles. The number of fused-ring (bicyclic) bond motifs is 3. The van der Waals surface area contributed by atoms with Gasteiger partial charge in [-0.25, -0.2) is 0 Å². The molecule has 0 saturated heterocycles. The van der Waals surface area contributed by atoms with E-state index in [4.69, 9.17) is 11.5 Å². The number of benzene rings is 6. The van der Waals surface area contributed by atoms with Crippen LogP contribution in [0.5, 0.6) is 11.5 Å². The van der Waals surface area contributed by atoms with Crippen molar-refractivity contribution < 1.29 is 10.2 Å². The van der Waals surface area contributed by atoms with E-state index in [1.807, 2.05) is 48.5 Å². The lowest BCUT2D eigenvalue weighted by atomic mass is 9.39. The van der Waals surface area contributed by atoms with Crippen molar-refractivity contribution in [2.75, 3.05) is 11.5 Å². The molecule has 0 aliphatic heterocycles. The minimum atomic E-state index is -0.903. The van der Waals surface area contributed by atoms with E-state index in [-0.39, 0.29) is 22.3 Å². The average molecular weight is 857 g/mol. The van der Waals surface area contributed by atoms with Crippen LogP contribution >= 0.6 is 0 Å². The van der Waals surface area contributed by atoms with Gasteiger partial charge < -0.3 is 21.7 Å². The monoisotopic (exact) mass is 856 g/mol. The summed E-state index contributed by atoms with van der Waals surface area (Å²) < 4.78 is 0. The number of phenolic OH excluding ortho intramolecular Hbond substituents is 2. The number of hydrogen-bond acceptors (Lipinski definition) is 4. The molecule has 0 amide bonds. The zero-order valence-electron chi connectivity index (χ0n) is 38.7. The second kappa shape index (κ2) is 12.9. The summed E-state index contributed by atoms with van der Waals surface area (Å²) in [6.45, 7) is 10.3. The van der Waals surface area contributed by atoms with Gasteiger partial charge in [0.05, 0.1) is 16.8 Å². The molecular weight excluding hydrogens is 793 g/mol. The van der Waals surface area contributed by atoms with E-state index >= 15 is 0 Å². The Labute approximate surface area is 385 Å². The van der Waals surface area contributed by atoms with E-state index in [0.29, 0.717) is 44.2 Å². The Balaban J connectivity index is 1.14. The minimum Gasteiger partial charge on any atom is -0.505 e. The molecule has 4 atom stereocenters. The van der Waals surface area contributed by atoms with Crippen LogP contribution in [0.2, 0.25) is 0 Å². The Morgan fingerprint density at radius 3 is 1.12 bits per heavy atom. The predicted octanol–water partition coefficient (Wildman–Crippen LogP) is 14.5. The molecule has 8 bridgehead atoms. The molecule has 6 aromatic rings. The highest BCUT2D eigenvalue weighted by Crippen LogP contribution is 2.72. The maximum absolute atomic E-state index is 11.9. The Bertz CT molecular complexity index is 2750. The summed E-state index contributed by atoms with van der Waals surface area (Å²) in [5, 5.41) is 23.9. The minimum absolute atomic E-state index is 0.0938. The van der Waals surface area contributed by atoms with Crippen molar-refractivity contribution in [1.29, 1.82) is 0 Å². The lowest BCUT2D eigenvalue weighted by Gasteiger charge is -2.65. The molecule has 9 aliphatic rings. The molecule has 6 aromatic carbocycles. The summed E-state index contributed by atoms with van der Waals surface area (Å²) in [5.41, 5.74) is 28.7. The number of nitrogen functional groups attached to an aromatic ring is 2. The van der Waals surface area contributed by atoms with Gasteiger partial charge in [0, 0.05) is 11.1 Å². The molecule has 4 heteroatoms. The average Bonchev–Trinajstić information content (AvgIpc) is 3.53. The summed E-state index contributed by atoms with van der Waals surface area (Å²) in [4.78, 5) is 0.